The topological polar surface area (TPSA) is 146 Å². The fourth-order valence-corrected chi connectivity index (χ4v) is 8.48. The predicted octanol–water partition coefficient (Wildman–Crippen LogP) is 3.71. The van der Waals surface area contributed by atoms with Gasteiger partial charge in [-0.05, 0) is 18.8 Å². The Hall–Kier alpha value is -5.19. The van der Waals surface area contributed by atoms with Crippen LogP contribution in [0.3, 0.4) is 0 Å². The van der Waals surface area contributed by atoms with Gasteiger partial charge in [-0.1, -0.05) is 19.8 Å². The average molecular weight is 738 g/mol. The SMILES string of the molecule is CCC1CCCCNC(=O)c2cccc(n2)C(=O)NCc2ccc(cc2-c2[se]c3ccccc3[n+]2C)CNC(=O)c2cccc(n2)C(=O)NC1. The quantitative estimate of drug-likeness (QED) is 0.161. The molecule has 0 spiro atoms. The van der Waals surface area contributed by atoms with Crippen LogP contribution >= 0.6 is 0 Å². The van der Waals surface area contributed by atoms with Gasteiger partial charge in [-0.15, -0.1) is 0 Å². The Morgan fingerprint density at radius 2 is 1.34 bits per heavy atom. The van der Waals surface area contributed by atoms with Gasteiger partial charge in [0.25, 0.3) is 0 Å². The molecule has 5 aromatic rings. The third kappa shape index (κ3) is 8.15. The number of para-hydroxylation sites is 1. The van der Waals surface area contributed by atoms with Crippen molar-refractivity contribution < 1.29 is 23.7 Å². The Morgan fingerprint density at radius 1 is 0.720 bits per heavy atom. The first-order chi connectivity index (χ1) is 24.3. The van der Waals surface area contributed by atoms with Crippen LogP contribution in [0.2, 0.25) is 0 Å². The van der Waals surface area contributed by atoms with Gasteiger partial charge in [0, 0.05) is 6.54 Å². The Morgan fingerprint density at radius 3 is 2.00 bits per heavy atom. The first-order valence-electron chi connectivity index (χ1n) is 16.9. The number of amides is 4. The van der Waals surface area contributed by atoms with E-state index in [9.17, 15) is 19.2 Å². The van der Waals surface area contributed by atoms with E-state index in [0.29, 0.717) is 13.1 Å². The van der Waals surface area contributed by atoms with E-state index in [1.807, 2.05) is 31.3 Å². The van der Waals surface area contributed by atoms with Crippen LogP contribution in [0.25, 0.3) is 19.9 Å². The third-order valence-corrected chi connectivity index (χ3v) is 11.5. The van der Waals surface area contributed by atoms with Gasteiger partial charge in [0.15, 0.2) is 0 Å². The van der Waals surface area contributed by atoms with Crippen LogP contribution in [0.15, 0.2) is 78.9 Å². The van der Waals surface area contributed by atoms with Crippen molar-refractivity contribution in [1.29, 1.82) is 0 Å². The molecule has 4 N–H and O–H groups in total. The van der Waals surface area contributed by atoms with Crippen molar-refractivity contribution in [1.82, 2.24) is 31.2 Å². The molecule has 11 nitrogen and oxygen atoms in total. The first kappa shape index (κ1) is 34.7. The minimum Gasteiger partial charge on any atom is 0.0206 e. The van der Waals surface area contributed by atoms with E-state index >= 15 is 0 Å². The van der Waals surface area contributed by atoms with Crippen molar-refractivity contribution in [3.05, 3.63) is 113 Å². The Labute approximate surface area is 296 Å². The average Bonchev–Trinajstić information content (AvgIpc) is 3.49. The molecule has 2 aliphatic rings. The number of hydrogen-bond donors (Lipinski definition) is 4. The molecule has 2 aromatic carbocycles. The summed E-state index contributed by atoms with van der Waals surface area (Å²) in [7, 11) is 2.04. The van der Waals surface area contributed by atoms with E-state index in [4.69, 9.17) is 0 Å². The van der Waals surface area contributed by atoms with Crippen molar-refractivity contribution in [3.8, 4) is 10.1 Å². The zero-order valence-corrected chi connectivity index (χ0v) is 29.8. The number of aromatic nitrogens is 3. The summed E-state index contributed by atoms with van der Waals surface area (Å²) in [6.45, 7) is 3.51. The maximum absolute atomic E-state index is 13.3. The number of rotatable bonds is 2. The molecule has 0 saturated carbocycles. The van der Waals surface area contributed by atoms with Crippen LogP contribution in [0.1, 0.15) is 85.7 Å². The van der Waals surface area contributed by atoms with Gasteiger partial charge >= 0.3 is 252 Å². The molecule has 6 bridgehead atoms. The van der Waals surface area contributed by atoms with Crippen LogP contribution in [-0.2, 0) is 20.1 Å². The number of hydrogen-bond acceptors (Lipinski definition) is 6. The monoisotopic (exact) mass is 738 g/mol. The van der Waals surface area contributed by atoms with Crippen molar-refractivity contribution in [2.45, 2.75) is 45.7 Å². The second-order valence-corrected chi connectivity index (χ2v) is 14.5. The first-order valence-corrected chi connectivity index (χ1v) is 18.6. The molecule has 0 radical (unpaired) electrons. The zero-order chi connectivity index (χ0) is 35.0. The number of carbonyl (C=O) groups is 4. The Balaban J connectivity index is 1.31. The maximum atomic E-state index is 13.3. The van der Waals surface area contributed by atoms with Gasteiger partial charge in [0.1, 0.15) is 0 Å². The molecular weight excluding hydrogens is 697 g/mol. The summed E-state index contributed by atoms with van der Waals surface area (Å²) in [5.74, 6) is -1.16. The molecule has 2 aliphatic heterocycles. The molecule has 1 atom stereocenters. The molecule has 50 heavy (non-hydrogen) atoms. The van der Waals surface area contributed by atoms with Gasteiger partial charge in [0.2, 0.25) is 0 Å². The fraction of sp³-hybridized carbons (Fsp3) is 0.289. The summed E-state index contributed by atoms with van der Waals surface area (Å²) in [6.07, 6.45) is 3.38. The predicted molar refractivity (Wildman–Crippen MR) is 191 cm³/mol. The van der Waals surface area contributed by atoms with Crippen LogP contribution in [0.4, 0.5) is 0 Å². The molecule has 0 saturated heterocycles. The van der Waals surface area contributed by atoms with Gasteiger partial charge < -0.3 is 0 Å². The number of pyridine rings is 2. The smallest absolute Gasteiger partial charge is 0.0206 e. The van der Waals surface area contributed by atoms with Gasteiger partial charge in [-0.25, -0.2) is 0 Å². The van der Waals surface area contributed by atoms with Crippen molar-refractivity contribution >= 4 is 47.9 Å². The molecule has 3 aromatic heterocycles. The van der Waals surface area contributed by atoms with Gasteiger partial charge in [0.05, 0.1) is 0 Å². The molecule has 1 unspecified atom stereocenters. The number of aryl methyl sites for hydroxylation is 1. The fourth-order valence-electron chi connectivity index (χ4n) is 5.97. The normalized spacial score (nSPS) is 16.7. The van der Waals surface area contributed by atoms with Crippen LogP contribution in [0.5, 0.6) is 0 Å². The van der Waals surface area contributed by atoms with Crippen LogP contribution in [-0.4, -0.2) is 61.2 Å². The van der Waals surface area contributed by atoms with Crippen LogP contribution < -0.4 is 25.8 Å². The molecule has 7 rings (SSSR count). The van der Waals surface area contributed by atoms with Crippen LogP contribution in [0, 0.1) is 5.92 Å². The molecule has 5 heterocycles. The van der Waals surface area contributed by atoms with Gasteiger partial charge in [-0.3, -0.25) is 0 Å². The minimum absolute atomic E-state index is 0.0117. The summed E-state index contributed by atoms with van der Waals surface area (Å²) in [5.41, 5.74) is 4.58. The Bertz CT molecular complexity index is 2060. The summed E-state index contributed by atoms with van der Waals surface area (Å²) < 4.78 is 4.58. The van der Waals surface area contributed by atoms with E-state index in [2.05, 4.69) is 60.9 Å². The standard InChI is InChI=1S/C38H39N7O4Se/c1-3-24-10-6-7-19-39-34(46)28-11-8-14-31(43-28)37(49)42-23-26-18-17-25(20-27(26)38-45(2)32-15-4-5-16-33(32)50-38)22-41-36(48)30-13-9-12-29(44-30)35(47)40-21-24/h4-5,8-9,11-18,20,24H,3,6-7,10,19,21-23H2,1-2H3,(H3-,39,40,41,42,46,47,48,49)/p+1. The third-order valence-electron chi connectivity index (χ3n) is 8.92. The van der Waals surface area contributed by atoms with E-state index in [0.717, 1.165) is 52.5 Å². The summed E-state index contributed by atoms with van der Waals surface area (Å²) >= 11 is 0.0117. The Kier molecular flexibility index (Phi) is 11.1. The second-order valence-electron chi connectivity index (χ2n) is 12.3. The zero-order valence-electron chi connectivity index (χ0n) is 28.1. The van der Waals surface area contributed by atoms with Crippen molar-refractivity contribution in [2.24, 2.45) is 13.0 Å². The molecule has 0 aliphatic carbocycles. The number of nitrogens with zero attached hydrogens (tertiary/aromatic N) is 3. The second kappa shape index (κ2) is 16.0. The molecular formula is C38H40N7O4Se+. The molecule has 0 fully saturated rings. The number of benzene rings is 2. The minimum atomic E-state index is -0.380. The van der Waals surface area contributed by atoms with Gasteiger partial charge in [-0.2, -0.15) is 0 Å². The van der Waals surface area contributed by atoms with E-state index in [1.165, 1.54) is 4.26 Å². The van der Waals surface area contributed by atoms with E-state index in [-0.39, 0.29) is 79.9 Å². The number of carbonyl (C=O) groups excluding carboxylic acids is 4. The molecule has 4 amide bonds. The molecule has 256 valence electrons. The number of fused-ring (bicyclic) bond motifs is 16. The summed E-state index contributed by atoms with van der Waals surface area (Å²) in [6, 6.07) is 24.0. The number of nitrogens with one attached hydrogen (secondary N) is 4. The van der Waals surface area contributed by atoms with E-state index < -0.39 is 0 Å². The van der Waals surface area contributed by atoms with E-state index in [1.54, 1.807) is 36.4 Å². The molecule has 12 heteroatoms. The summed E-state index contributed by atoms with van der Waals surface area (Å²) in [4.78, 5) is 61.2. The summed E-state index contributed by atoms with van der Waals surface area (Å²) in [5, 5.41) is 11.8. The van der Waals surface area contributed by atoms with Crippen molar-refractivity contribution in [2.75, 3.05) is 13.1 Å². The van der Waals surface area contributed by atoms with Crippen molar-refractivity contribution in [3.63, 3.8) is 0 Å².